The maximum Gasteiger partial charge on any atom is 0.261 e. The van der Waals surface area contributed by atoms with E-state index in [1.807, 2.05) is 35.0 Å². The summed E-state index contributed by atoms with van der Waals surface area (Å²) >= 11 is 0. The smallest absolute Gasteiger partial charge is 0.261 e. The first kappa shape index (κ1) is 13.9. The molecule has 0 N–H and O–H groups in total. The Labute approximate surface area is 134 Å². The summed E-state index contributed by atoms with van der Waals surface area (Å²) in [6.45, 7) is 0.886. The molecule has 1 aromatic heterocycles. The highest BCUT2D eigenvalue weighted by Gasteiger charge is 2.32. The van der Waals surface area contributed by atoms with Crippen molar-refractivity contribution in [2.75, 3.05) is 7.05 Å². The van der Waals surface area contributed by atoms with Gasteiger partial charge in [0.1, 0.15) is 0 Å². The van der Waals surface area contributed by atoms with Crippen molar-refractivity contribution in [3.8, 4) is 0 Å². The molecule has 0 radical (unpaired) electrons. The van der Waals surface area contributed by atoms with E-state index < -0.39 is 0 Å². The summed E-state index contributed by atoms with van der Waals surface area (Å²) in [6, 6.07) is 9.15. The number of hydrogen-bond acceptors (Lipinski definition) is 3. The fourth-order valence-electron chi connectivity index (χ4n) is 2.92. The van der Waals surface area contributed by atoms with Crippen LogP contribution in [0, 0.1) is 5.92 Å². The summed E-state index contributed by atoms with van der Waals surface area (Å²) in [7, 11) is 1.52. The van der Waals surface area contributed by atoms with Crippen LogP contribution >= 0.6 is 0 Å². The van der Waals surface area contributed by atoms with Gasteiger partial charge < -0.3 is 0 Å². The second kappa shape index (κ2) is 5.19. The first-order valence-electron chi connectivity index (χ1n) is 7.80. The summed E-state index contributed by atoms with van der Waals surface area (Å²) in [5, 5.41) is 4.36. The maximum atomic E-state index is 12.6. The molecule has 1 fully saturated rings. The Hall–Kier alpha value is -2.69. The number of aromatic nitrogens is 2. The molecule has 2 aliphatic rings. The molecule has 116 valence electrons. The number of amides is 2. The first-order valence-corrected chi connectivity index (χ1v) is 7.80. The predicted molar refractivity (Wildman–Crippen MR) is 86.4 cm³/mol. The Morgan fingerprint density at radius 2 is 1.87 bits per heavy atom. The monoisotopic (exact) mass is 307 g/mol. The fraction of sp³-hybridized carbons (Fsp3) is 0.278. The Balaban J connectivity index is 1.80. The van der Waals surface area contributed by atoms with Crippen LogP contribution in [-0.4, -0.2) is 33.5 Å². The molecule has 4 rings (SSSR count). The van der Waals surface area contributed by atoms with Gasteiger partial charge in [-0.05, 0) is 37.0 Å². The number of nitrogens with zero attached hydrogens (tertiary/aromatic N) is 3. The van der Waals surface area contributed by atoms with Gasteiger partial charge >= 0.3 is 0 Å². The van der Waals surface area contributed by atoms with Crippen LogP contribution in [0.3, 0.4) is 0 Å². The normalized spacial score (nSPS) is 19.3. The van der Waals surface area contributed by atoms with Crippen LogP contribution in [0.15, 0.2) is 36.5 Å². The van der Waals surface area contributed by atoms with Crippen molar-refractivity contribution in [3.63, 3.8) is 0 Å². The van der Waals surface area contributed by atoms with Crippen LogP contribution < -0.4 is 0 Å². The number of benzene rings is 1. The largest absolute Gasteiger partial charge is 0.277 e. The van der Waals surface area contributed by atoms with Gasteiger partial charge in [-0.15, -0.1) is 0 Å². The van der Waals surface area contributed by atoms with Gasteiger partial charge in [-0.3, -0.25) is 19.2 Å². The number of rotatable bonds is 3. The minimum atomic E-state index is -0.270. The number of carbonyl (C=O) groups excluding carboxylic acids is 2. The summed E-state index contributed by atoms with van der Waals surface area (Å²) < 4.78 is 1.94. The molecule has 2 amide bonds. The molecule has 1 aliphatic heterocycles. The summed E-state index contributed by atoms with van der Waals surface area (Å²) in [6.07, 6.45) is 6.09. The zero-order valence-electron chi connectivity index (χ0n) is 12.9. The van der Waals surface area contributed by atoms with Gasteiger partial charge in [-0.25, -0.2) is 0 Å². The van der Waals surface area contributed by atoms with E-state index in [9.17, 15) is 9.59 Å². The van der Waals surface area contributed by atoms with Crippen molar-refractivity contribution in [2.45, 2.75) is 19.4 Å². The molecule has 5 heteroatoms. The average molecular weight is 307 g/mol. The minimum absolute atomic E-state index is 0.255. The van der Waals surface area contributed by atoms with Crippen molar-refractivity contribution in [3.05, 3.63) is 53.3 Å². The van der Waals surface area contributed by atoms with Crippen molar-refractivity contribution in [1.82, 2.24) is 14.7 Å². The van der Waals surface area contributed by atoms with E-state index in [0.717, 1.165) is 12.2 Å². The number of imide groups is 1. The quantitative estimate of drug-likeness (QED) is 0.646. The lowest BCUT2D eigenvalue weighted by molar-refractivity contribution is -0.121. The maximum absolute atomic E-state index is 12.6. The standard InChI is InChI=1S/C18H17N3O2/c1-20-17(22)15-5-3-2-4-14(15)16(18(20)23)10-13-8-9-19-21(13)11-12-6-7-12/h2-5,8-10,12H,6-7,11H2,1H3/b16-10-. The topological polar surface area (TPSA) is 55.2 Å². The van der Waals surface area contributed by atoms with E-state index in [0.29, 0.717) is 22.6 Å². The van der Waals surface area contributed by atoms with E-state index in [2.05, 4.69) is 5.10 Å². The Morgan fingerprint density at radius 1 is 1.13 bits per heavy atom. The Bertz CT molecular complexity index is 830. The molecule has 2 heterocycles. The highest BCUT2D eigenvalue weighted by molar-refractivity contribution is 6.33. The first-order chi connectivity index (χ1) is 11.1. The molecule has 0 unspecified atom stereocenters. The molecular formula is C18H17N3O2. The lowest BCUT2D eigenvalue weighted by Gasteiger charge is -2.25. The van der Waals surface area contributed by atoms with E-state index in [1.165, 1.54) is 24.8 Å². The third-order valence-corrected chi connectivity index (χ3v) is 4.46. The second-order valence-corrected chi connectivity index (χ2v) is 6.15. The third-order valence-electron chi connectivity index (χ3n) is 4.46. The van der Waals surface area contributed by atoms with Crippen LogP contribution in [0.1, 0.15) is 34.5 Å². The highest BCUT2D eigenvalue weighted by atomic mass is 16.2. The molecule has 1 aliphatic carbocycles. The van der Waals surface area contributed by atoms with Crippen molar-refractivity contribution in [2.24, 2.45) is 5.92 Å². The molecular weight excluding hydrogens is 290 g/mol. The van der Waals surface area contributed by atoms with Crippen LogP contribution in [0.25, 0.3) is 11.6 Å². The third kappa shape index (κ3) is 2.38. The zero-order valence-corrected chi connectivity index (χ0v) is 12.9. The lowest BCUT2D eigenvalue weighted by atomic mass is 9.93. The van der Waals surface area contributed by atoms with E-state index in [4.69, 9.17) is 0 Å². The van der Waals surface area contributed by atoms with Crippen LogP contribution in [-0.2, 0) is 11.3 Å². The van der Waals surface area contributed by atoms with Gasteiger partial charge in [0.25, 0.3) is 11.8 Å². The van der Waals surface area contributed by atoms with Crippen molar-refractivity contribution >= 4 is 23.5 Å². The summed E-state index contributed by atoms with van der Waals surface area (Å²) in [5.41, 5.74) is 2.70. The number of carbonyl (C=O) groups is 2. The van der Waals surface area contributed by atoms with E-state index >= 15 is 0 Å². The molecule has 2 aromatic rings. The molecule has 0 saturated heterocycles. The number of likely N-dealkylation sites (N-methyl/N-ethyl adjacent to an activating group) is 1. The van der Waals surface area contributed by atoms with Gasteiger partial charge in [-0.1, -0.05) is 18.2 Å². The minimum Gasteiger partial charge on any atom is -0.277 e. The van der Waals surface area contributed by atoms with E-state index in [1.54, 1.807) is 12.3 Å². The van der Waals surface area contributed by atoms with Crippen molar-refractivity contribution < 1.29 is 9.59 Å². The number of fused-ring (bicyclic) bond motifs is 1. The van der Waals surface area contributed by atoms with Gasteiger partial charge in [0.15, 0.2) is 0 Å². The molecule has 1 saturated carbocycles. The van der Waals surface area contributed by atoms with Crippen LogP contribution in [0.4, 0.5) is 0 Å². The van der Waals surface area contributed by atoms with Gasteiger partial charge in [-0.2, -0.15) is 5.10 Å². The molecule has 0 atom stereocenters. The van der Waals surface area contributed by atoms with Crippen LogP contribution in [0.5, 0.6) is 0 Å². The van der Waals surface area contributed by atoms with Crippen LogP contribution in [0.2, 0.25) is 0 Å². The molecule has 5 nitrogen and oxygen atoms in total. The average Bonchev–Trinajstić information content (AvgIpc) is 3.28. The SMILES string of the molecule is CN1C(=O)/C(=C\c2ccnn2CC2CC2)c2ccccc2C1=O. The summed E-state index contributed by atoms with van der Waals surface area (Å²) in [5.74, 6) is 0.174. The van der Waals surface area contributed by atoms with E-state index in [-0.39, 0.29) is 11.8 Å². The second-order valence-electron chi connectivity index (χ2n) is 6.15. The molecule has 23 heavy (non-hydrogen) atoms. The van der Waals surface area contributed by atoms with Crippen molar-refractivity contribution in [1.29, 1.82) is 0 Å². The van der Waals surface area contributed by atoms with Gasteiger partial charge in [0, 0.05) is 30.9 Å². The fourth-order valence-corrected chi connectivity index (χ4v) is 2.92. The molecule has 0 bridgehead atoms. The Kier molecular flexibility index (Phi) is 3.15. The zero-order chi connectivity index (χ0) is 16.0. The van der Waals surface area contributed by atoms with Gasteiger partial charge in [0.05, 0.1) is 11.3 Å². The predicted octanol–water partition coefficient (Wildman–Crippen LogP) is 2.45. The Morgan fingerprint density at radius 3 is 2.61 bits per heavy atom. The summed E-state index contributed by atoms with van der Waals surface area (Å²) in [4.78, 5) is 26.0. The number of hydrogen-bond donors (Lipinski definition) is 0. The highest BCUT2D eigenvalue weighted by Crippen LogP contribution is 2.32. The lowest BCUT2D eigenvalue weighted by Crippen LogP contribution is -2.38. The molecule has 0 spiro atoms. The van der Waals surface area contributed by atoms with Gasteiger partial charge in [0.2, 0.25) is 0 Å². The molecule has 1 aromatic carbocycles.